The second kappa shape index (κ2) is 3.34. The van der Waals surface area contributed by atoms with Crippen LogP contribution >= 0.6 is 0 Å². The third kappa shape index (κ3) is 1.41. The Hall–Kier alpha value is -0.820. The number of hydrogen-bond donors (Lipinski definition) is 1. The summed E-state index contributed by atoms with van der Waals surface area (Å²) in [4.78, 5) is 0. The molecule has 0 spiro atoms. The quantitative estimate of drug-likeness (QED) is 0.680. The Morgan fingerprint density at radius 1 is 1.33 bits per heavy atom. The first-order valence-electron chi connectivity index (χ1n) is 6.08. The van der Waals surface area contributed by atoms with Crippen LogP contribution in [0, 0.1) is 5.41 Å². The zero-order chi connectivity index (χ0) is 10.3. The monoisotopic (exact) mass is 201 g/mol. The molecule has 1 fully saturated rings. The molecule has 3 rings (SSSR count). The summed E-state index contributed by atoms with van der Waals surface area (Å²) in [6.07, 6.45) is 3.93. The second-order valence-electron chi connectivity index (χ2n) is 5.37. The van der Waals surface area contributed by atoms with E-state index in [0.29, 0.717) is 5.41 Å². The maximum absolute atomic E-state index is 3.56. The smallest absolute Gasteiger partial charge is 0.00111 e. The zero-order valence-corrected chi connectivity index (χ0v) is 9.42. The van der Waals surface area contributed by atoms with E-state index in [1.54, 1.807) is 11.1 Å². The fourth-order valence-corrected chi connectivity index (χ4v) is 3.41. The van der Waals surface area contributed by atoms with E-state index in [9.17, 15) is 0 Å². The summed E-state index contributed by atoms with van der Waals surface area (Å²) in [7, 11) is 0. The highest BCUT2D eigenvalue weighted by Gasteiger charge is 2.40. The first kappa shape index (κ1) is 9.41. The molecule has 1 aromatic rings. The van der Waals surface area contributed by atoms with E-state index in [1.807, 2.05) is 0 Å². The first-order chi connectivity index (χ1) is 7.30. The lowest BCUT2D eigenvalue weighted by molar-refractivity contribution is 0.165. The van der Waals surface area contributed by atoms with E-state index in [4.69, 9.17) is 0 Å². The highest BCUT2D eigenvalue weighted by Crippen LogP contribution is 2.48. The molecule has 80 valence electrons. The molecule has 0 amide bonds. The second-order valence-corrected chi connectivity index (χ2v) is 5.37. The number of fused-ring (bicyclic) bond motifs is 3. The fourth-order valence-electron chi connectivity index (χ4n) is 3.41. The maximum atomic E-state index is 3.56. The number of benzene rings is 1. The molecule has 1 nitrogen and oxygen atoms in total. The van der Waals surface area contributed by atoms with Crippen molar-refractivity contribution < 1.29 is 0 Å². The number of aryl methyl sites for hydroxylation is 1. The lowest BCUT2D eigenvalue weighted by Crippen LogP contribution is -2.45. The summed E-state index contributed by atoms with van der Waals surface area (Å²) in [6, 6.07) is 9.05. The molecule has 2 aliphatic rings. The molecule has 1 aliphatic heterocycles. The highest BCUT2D eigenvalue weighted by atomic mass is 14.9. The van der Waals surface area contributed by atoms with E-state index in [2.05, 4.69) is 36.5 Å². The molecule has 15 heavy (non-hydrogen) atoms. The first-order valence-corrected chi connectivity index (χ1v) is 6.08. The van der Waals surface area contributed by atoms with E-state index in [-0.39, 0.29) is 0 Å². The number of nitrogens with one attached hydrogen (secondary N) is 1. The molecule has 1 saturated heterocycles. The lowest BCUT2D eigenvalue weighted by Gasteiger charge is -2.46. The normalized spacial score (nSPS) is 34.3. The van der Waals surface area contributed by atoms with Gasteiger partial charge in [0.2, 0.25) is 0 Å². The van der Waals surface area contributed by atoms with Gasteiger partial charge in [0.05, 0.1) is 0 Å². The standard InChI is InChI=1S/C14H19N/c1-14-8-6-11-4-2-3-5-12(11)13(14)7-9-15-10-14/h2-5,13,15H,6-10H2,1H3. The van der Waals surface area contributed by atoms with Crippen molar-refractivity contribution in [2.24, 2.45) is 5.41 Å². The van der Waals surface area contributed by atoms with Crippen LogP contribution in [0.1, 0.15) is 36.8 Å². The van der Waals surface area contributed by atoms with Gasteiger partial charge in [-0.3, -0.25) is 0 Å². The molecule has 1 N–H and O–H groups in total. The van der Waals surface area contributed by atoms with Gasteiger partial charge in [0.15, 0.2) is 0 Å². The zero-order valence-electron chi connectivity index (χ0n) is 9.42. The Kier molecular flexibility index (Phi) is 2.10. The van der Waals surface area contributed by atoms with Gasteiger partial charge in [-0.25, -0.2) is 0 Å². The van der Waals surface area contributed by atoms with Crippen molar-refractivity contribution in [2.45, 2.75) is 32.1 Å². The van der Waals surface area contributed by atoms with Crippen LogP contribution in [0.15, 0.2) is 24.3 Å². The highest BCUT2D eigenvalue weighted by molar-refractivity contribution is 5.35. The third-order valence-electron chi connectivity index (χ3n) is 4.38. The Labute approximate surface area is 91.9 Å². The predicted octanol–water partition coefficient (Wildman–Crippen LogP) is 2.72. The van der Waals surface area contributed by atoms with E-state index in [0.717, 1.165) is 5.92 Å². The summed E-state index contributed by atoms with van der Waals surface area (Å²) in [5.41, 5.74) is 3.74. The predicted molar refractivity (Wildman–Crippen MR) is 63.1 cm³/mol. The molecule has 0 bridgehead atoms. The minimum absolute atomic E-state index is 0.507. The molecule has 0 saturated carbocycles. The minimum atomic E-state index is 0.507. The van der Waals surface area contributed by atoms with E-state index in [1.165, 1.54) is 32.4 Å². The summed E-state index contributed by atoms with van der Waals surface area (Å²) in [5.74, 6) is 0.795. The van der Waals surface area contributed by atoms with Crippen LogP contribution in [0.25, 0.3) is 0 Å². The van der Waals surface area contributed by atoms with Gasteiger partial charge in [-0.05, 0) is 48.3 Å². The number of piperidine rings is 1. The minimum Gasteiger partial charge on any atom is -0.316 e. The van der Waals surface area contributed by atoms with Gasteiger partial charge in [0.1, 0.15) is 0 Å². The Balaban J connectivity index is 2.05. The van der Waals surface area contributed by atoms with Crippen LogP contribution in [0.5, 0.6) is 0 Å². The molecule has 2 unspecified atom stereocenters. The molecular formula is C14H19N. The van der Waals surface area contributed by atoms with Crippen molar-refractivity contribution >= 4 is 0 Å². The maximum Gasteiger partial charge on any atom is 0.00111 e. The molecule has 2 atom stereocenters. The average Bonchev–Trinajstić information content (AvgIpc) is 2.28. The van der Waals surface area contributed by atoms with Gasteiger partial charge in [-0.2, -0.15) is 0 Å². The molecule has 1 heterocycles. The van der Waals surface area contributed by atoms with Crippen LogP contribution in [0.4, 0.5) is 0 Å². The Bertz CT molecular complexity index is 371. The fraction of sp³-hybridized carbons (Fsp3) is 0.571. The van der Waals surface area contributed by atoms with Crippen LogP contribution < -0.4 is 5.32 Å². The van der Waals surface area contributed by atoms with Gasteiger partial charge in [0, 0.05) is 6.54 Å². The van der Waals surface area contributed by atoms with Gasteiger partial charge in [-0.1, -0.05) is 31.2 Å². The van der Waals surface area contributed by atoms with Gasteiger partial charge >= 0.3 is 0 Å². The molecule has 1 heteroatoms. The summed E-state index contributed by atoms with van der Waals surface area (Å²) < 4.78 is 0. The van der Waals surface area contributed by atoms with E-state index < -0.39 is 0 Å². The van der Waals surface area contributed by atoms with E-state index >= 15 is 0 Å². The van der Waals surface area contributed by atoms with Crippen LogP contribution in [0.2, 0.25) is 0 Å². The molecule has 1 aliphatic carbocycles. The SMILES string of the molecule is CC12CCc3ccccc3C1CCNC2. The van der Waals surface area contributed by atoms with Crippen LogP contribution in [-0.4, -0.2) is 13.1 Å². The van der Waals surface area contributed by atoms with Crippen molar-refractivity contribution in [3.05, 3.63) is 35.4 Å². The molecule has 0 aromatic heterocycles. The van der Waals surface area contributed by atoms with Crippen molar-refractivity contribution in [1.82, 2.24) is 5.32 Å². The van der Waals surface area contributed by atoms with Gasteiger partial charge in [-0.15, -0.1) is 0 Å². The van der Waals surface area contributed by atoms with Crippen LogP contribution in [-0.2, 0) is 6.42 Å². The summed E-state index contributed by atoms with van der Waals surface area (Å²) in [6.45, 7) is 4.85. The van der Waals surface area contributed by atoms with Crippen molar-refractivity contribution in [2.75, 3.05) is 13.1 Å². The number of hydrogen-bond acceptors (Lipinski definition) is 1. The lowest BCUT2D eigenvalue weighted by atomic mass is 9.62. The molecule has 0 radical (unpaired) electrons. The van der Waals surface area contributed by atoms with Crippen LogP contribution in [0.3, 0.4) is 0 Å². The third-order valence-corrected chi connectivity index (χ3v) is 4.38. The average molecular weight is 201 g/mol. The van der Waals surface area contributed by atoms with Crippen molar-refractivity contribution in [3.63, 3.8) is 0 Å². The topological polar surface area (TPSA) is 12.0 Å². The Morgan fingerprint density at radius 2 is 2.20 bits per heavy atom. The Morgan fingerprint density at radius 3 is 3.13 bits per heavy atom. The summed E-state index contributed by atoms with van der Waals surface area (Å²) in [5, 5.41) is 3.56. The van der Waals surface area contributed by atoms with Crippen molar-refractivity contribution in [3.8, 4) is 0 Å². The summed E-state index contributed by atoms with van der Waals surface area (Å²) >= 11 is 0. The number of rotatable bonds is 0. The van der Waals surface area contributed by atoms with Gasteiger partial charge < -0.3 is 5.32 Å². The molecule has 1 aromatic carbocycles. The van der Waals surface area contributed by atoms with Gasteiger partial charge in [0.25, 0.3) is 0 Å². The molecular weight excluding hydrogens is 182 g/mol. The largest absolute Gasteiger partial charge is 0.316 e. The van der Waals surface area contributed by atoms with Crippen molar-refractivity contribution in [1.29, 1.82) is 0 Å².